The van der Waals surface area contributed by atoms with E-state index < -0.39 is 12.1 Å². The lowest BCUT2D eigenvalue weighted by molar-refractivity contribution is -0.150. The minimum atomic E-state index is -0.632. The van der Waals surface area contributed by atoms with Crippen molar-refractivity contribution >= 4 is 12.1 Å². The Hall–Kier alpha value is -1.52. The van der Waals surface area contributed by atoms with Crippen molar-refractivity contribution < 1.29 is 19.1 Å². The van der Waals surface area contributed by atoms with E-state index in [-0.39, 0.29) is 18.5 Å². The highest BCUT2D eigenvalue weighted by Gasteiger charge is 2.31. The third-order valence-corrected chi connectivity index (χ3v) is 3.40. The van der Waals surface area contributed by atoms with Crippen LogP contribution in [0.4, 0.5) is 4.79 Å². The van der Waals surface area contributed by atoms with Crippen LogP contribution in [0.1, 0.15) is 52.9 Å². The van der Waals surface area contributed by atoms with Crippen LogP contribution in [0.5, 0.6) is 0 Å². The molecule has 22 heavy (non-hydrogen) atoms. The Morgan fingerprint density at radius 1 is 1.14 bits per heavy atom. The van der Waals surface area contributed by atoms with E-state index in [0.29, 0.717) is 6.61 Å². The van der Waals surface area contributed by atoms with Crippen LogP contribution in [0.25, 0.3) is 0 Å². The number of carbonyl (C=O) groups excluding carboxylic acids is 2. The molecule has 1 amide bonds. The molecule has 0 N–H and O–H groups in total. The SMILES string of the molecule is C=CCOC(=O)N(C)C(C(=O)OCCCCCCC)C(C)C. The molecule has 0 aromatic carbocycles. The van der Waals surface area contributed by atoms with E-state index in [9.17, 15) is 9.59 Å². The van der Waals surface area contributed by atoms with Crippen molar-refractivity contribution in [3.05, 3.63) is 12.7 Å². The van der Waals surface area contributed by atoms with Gasteiger partial charge in [-0.2, -0.15) is 0 Å². The molecule has 5 heteroatoms. The molecule has 1 unspecified atom stereocenters. The third-order valence-electron chi connectivity index (χ3n) is 3.40. The monoisotopic (exact) mass is 313 g/mol. The van der Waals surface area contributed by atoms with E-state index in [1.807, 2.05) is 13.8 Å². The van der Waals surface area contributed by atoms with Crippen LogP contribution in [-0.2, 0) is 14.3 Å². The van der Waals surface area contributed by atoms with Gasteiger partial charge in [0.05, 0.1) is 6.61 Å². The molecule has 128 valence electrons. The summed E-state index contributed by atoms with van der Waals surface area (Å²) in [6.45, 7) is 9.94. The van der Waals surface area contributed by atoms with Crippen LogP contribution in [0.2, 0.25) is 0 Å². The number of carbonyl (C=O) groups is 2. The summed E-state index contributed by atoms with van der Waals surface area (Å²) in [6.07, 6.45) is 6.43. The third kappa shape index (κ3) is 8.05. The lowest BCUT2D eigenvalue weighted by Gasteiger charge is -2.28. The average Bonchev–Trinajstić information content (AvgIpc) is 2.47. The first-order valence-electron chi connectivity index (χ1n) is 8.12. The second kappa shape index (κ2) is 12.1. The van der Waals surface area contributed by atoms with Gasteiger partial charge in [0, 0.05) is 7.05 Å². The maximum Gasteiger partial charge on any atom is 0.410 e. The van der Waals surface area contributed by atoms with Crippen molar-refractivity contribution in [2.45, 2.75) is 58.9 Å². The molecule has 0 fully saturated rings. The molecule has 0 aliphatic carbocycles. The molecule has 1 atom stereocenters. The smallest absolute Gasteiger partial charge is 0.410 e. The van der Waals surface area contributed by atoms with Gasteiger partial charge < -0.3 is 9.47 Å². The van der Waals surface area contributed by atoms with Crippen molar-refractivity contribution in [3.8, 4) is 0 Å². The van der Waals surface area contributed by atoms with Crippen molar-refractivity contribution in [2.24, 2.45) is 5.92 Å². The highest BCUT2D eigenvalue weighted by atomic mass is 16.6. The predicted octanol–water partition coefficient (Wildman–Crippen LogP) is 3.78. The van der Waals surface area contributed by atoms with Crippen molar-refractivity contribution in [1.82, 2.24) is 4.90 Å². The van der Waals surface area contributed by atoms with Gasteiger partial charge >= 0.3 is 12.1 Å². The van der Waals surface area contributed by atoms with Gasteiger partial charge in [-0.3, -0.25) is 4.90 Å². The maximum atomic E-state index is 12.2. The summed E-state index contributed by atoms with van der Waals surface area (Å²) < 4.78 is 10.3. The van der Waals surface area contributed by atoms with E-state index in [0.717, 1.165) is 19.3 Å². The number of esters is 1. The molecule has 0 aliphatic rings. The number of likely N-dealkylation sites (N-methyl/N-ethyl adjacent to an activating group) is 1. The minimum absolute atomic E-state index is 0.0473. The number of hydrogen-bond donors (Lipinski definition) is 0. The Balaban J connectivity index is 4.32. The largest absolute Gasteiger partial charge is 0.464 e. The highest BCUT2D eigenvalue weighted by Crippen LogP contribution is 2.13. The Morgan fingerprint density at radius 2 is 1.77 bits per heavy atom. The normalized spacial score (nSPS) is 11.9. The molecular formula is C17H31NO4. The minimum Gasteiger partial charge on any atom is -0.464 e. The van der Waals surface area contributed by atoms with Crippen LogP contribution in [0.15, 0.2) is 12.7 Å². The summed E-state index contributed by atoms with van der Waals surface area (Å²) in [4.78, 5) is 25.3. The van der Waals surface area contributed by atoms with Crippen LogP contribution < -0.4 is 0 Å². The first kappa shape index (κ1) is 20.5. The fourth-order valence-electron chi connectivity index (χ4n) is 2.19. The molecule has 0 heterocycles. The molecule has 0 aliphatic heterocycles. The quantitative estimate of drug-likeness (QED) is 0.331. The van der Waals surface area contributed by atoms with Gasteiger partial charge in [0.2, 0.25) is 0 Å². The Kier molecular flexibility index (Phi) is 11.2. The zero-order valence-electron chi connectivity index (χ0n) is 14.5. The molecule has 0 saturated heterocycles. The average molecular weight is 313 g/mol. The van der Waals surface area contributed by atoms with Gasteiger partial charge in [-0.15, -0.1) is 0 Å². The summed E-state index contributed by atoms with van der Waals surface area (Å²) in [5, 5.41) is 0. The summed E-state index contributed by atoms with van der Waals surface area (Å²) in [5.74, 6) is -0.419. The van der Waals surface area contributed by atoms with E-state index in [1.54, 1.807) is 7.05 Å². The number of ether oxygens (including phenoxy) is 2. The zero-order chi connectivity index (χ0) is 17.0. The molecular weight excluding hydrogens is 282 g/mol. The highest BCUT2D eigenvalue weighted by molar-refractivity contribution is 5.81. The summed E-state index contributed by atoms with van der Waals surface area (Å²) in [7, 11) is 1.55. The number of amides is 1. The van der Waals surface area contributed by atoms with Crippen LogP contribution >= 0.6 is 0 Å². The second-order valence-electron chi connectivity index (χ2n) is 5.75. The summed E-state index contributed by atoms with van der Waals surface area (Å²) in [6, 6.07) is -0.632. The van der Waals surface area contributed by atoms with E-state index >= 15 is 0 Å². The second-order valence-corrected chi connectivity index (χ2v) is 5.75. The first-order valence-corrected chi connectivity index (χ1v) is 8.12. The standard InChI is InChI=1S/C17H31NO4/c1-6-8-9-10-11-13-21-16(19)15(14(3)4)18(5)17(20)22-12-7-2/h7,14-15H,2,6,8-13H2,1,3-5H3. The molecule has 0 saturated carbocycles. The van der Waals surface area contributed by atoms with Gasteiger partial charge in [0.15, 0.2) is 0 Å². The van der Waals surface area contributed by atoms with Gasteiger partial charge in [0.25, 0.3) is 0 Å². The van der Waals surface area contributed by atoms with Gasteiger partial charge in [-0.1, -0.05) is 59.1 Å². The Bertz CT molecular complexity index is 342. The topological polar surface area (TPSA) is 55.8 Å². The lowest BCUT2D eigenvalue weighted by Crippen LogP contribution is -2.46. The number of hydrogen-bond acceptors (Lipinski definition) is 4. The lowest BCUT2D eigenvalue weighted by atomic mass is 10.0. The molecule has 0 aromatic heterocycles. The van der Waals surface area contributed by atoms with Crippen molar-refractivity contribution in [1.29, 1.82) is 0 Å². The molecule has 0 aromatic rings. The predicted molar refractivity (Wildman–Crippen MR) is 87.7 cm³/mol. The molecule has 0 bridgehead atoms. The fraction of sp³-hybridized carbons (Fsp3) is 0.765. The number of unbranched alkanes of at least 4 members (excludes halogenated alkanes) is 4. The first-order chi connectivity index (χ1) is 10.5. The van der Waals surface area contributed by atoms with Crippen LogP contribution in [0, 0.1) is 5.92 Å². The van der Waals surface area contributed by atoms with E-state index in [2.05, 4.69) is 13.5 Å². The summed E-state index contributed by atoms with van der Waals surface area (Å²) >= 11 is 0. The van der Waals surface area contributed by atoms with Crippen LogP contribution in [0.3, 0.4) is 0 Å². The van der Waals surface area contributed by atoms with Crippen molar-refractivity contribution in [2.75, 3.05) is 20.3 Å². The van der Waals surface area contributed by atoms with Gasteiger partial charge in [-0.05, 0) is 12.3 Å². The van der Waals surface area contributed by atoms with E-state index in [1.165, 1.54) is 23.8 Å². The molecule has 5 nitrogen and oxygen atoms in total. The summed E-state index contributed by atoms with van der Waals surface area (Å²) in [5.41, 5.74) is 0. The molecule has 0 radical (unpaired) electrons. The molecule has 0 rings (SSSR count). The number of nitrogens with zero attached hydrogens (tertiary/aromatic N) is 1. The van der Waals surface area contributed by atoms with Gasteiger partial charge in [0.1, 0.15) is 12.6 Å². The Labute approximate surface area is 134 Å². The zero-order valence-corrected chi connectivity index (χ0v) is 14.5. The van der Waals surface area contributed by atoms with Gasteiger partial charge in [-0.25, -0.2) is 9.59 Å². The van der Waals surface area contributed by atoms with Crippen LogP contribution in [-0.4, -0.2) is 43.3 Å². The van der Waals surface area contributed by atoms with E-state index in [4.69, 9.17) is 9.47 Å². The number of rotatable bonds is 11. The fourth-order valence-corrected chi connectivity index (χ4v) is 2.19. The van der Waals surface area contributed by atoms with Crippen molar-refractivity contribution in [3.63, 3.8) is 0 Å². The maximum absolute atomic E-state index is 12.2. The molecule has 0 spiro atoms. The Morgan fingerprint density at radius 3 is 2.32 bits per heavy atom.